The van der Waals surface area contributed by atoms with Crippen LogP contribution in [0.5, 0.6) is 0 Å². The van der Waals surface area contributed by atoms with Crippen molar-refractivity contribution >= 4 is 40.7 Å². The Morgan fingerprint density at radius 3 is 2.20 bits per heavy atom. The Bertz CT molecular complexity index is 434. The van der Waals surface area contributed by atoms with Gasteiger partial charge in [0.15, 0.2) is 0 Å². The van der Waals surface area contributed by atoms with Gasteiger partial charge in [0.05, 0.1) is 6.17 Å². The molecule has 20 heavy (non-hydrogen) atoms. The third-order valence-corrected chi connectivity index (χ3v) is 3.37. The molecule has 0 aliphatic rings. The highest BCUT2D eigenvalue weighted by Gasteiger charge is 2.35. The van der Waals surface area contributed by atoms with Gasteiger partial charge in [-0.2, -0.15) is 0 Å². The van der Waals surface area contributed by atoms with Crippen LogP contribution >= 0.6 is 34.8 Å². The van der Waals surface area contributed by atoms with Crippen molar-refractivity contribution in [3.8, 4) is 0 Å². The molecule has 0 aliphatic carbocycles. The van der Waals surface area contributed by atoms with Crippen LogP contribution in [-0.4, -0.2) is 22.0 Å². The number of benzene rings is 1. The Hall–Kier alpha value is -0.520. The van der Waals surface area contributed by atoms with E-state index in [1.54, 1.807) is 24.3 Å². The lowest BCUT2D eigenvalue weighted by Crippen LogP contribution is -2.59. The Labute approximate surface area is 133 Å². The number of hydrogen-bond acceptors (Lipinski definition) is 3. The average Bonchev–Trinajstić information content (AvgIpc) is 2.37. The molecule has 0 saturated heterocycles. The van der Waals surface area contributed by atoms with Crippen molar-refractivity contribution in [1.29, 1.82) is 0 Å². The predicted octanol–water partition coefficient (Wildman–Crippen LogP) is 2.64. The molecule has 4 N–H and O–H groups in total. The molecule has 0 fully saturated rings. The highest BCUT2D eigenvalue weighted by molar-refractivity contribution is 6.68. The topological polar surface area (TPSA) is 67.2 Å². The summed E-state index contributed by atoms with van der Waals surface area (Å²) >= 11 is 17.6. The van der Waals surface area contributed by atoms with Gasteiger partial charge in [-0.15, -0.1) is 0 Å². The minimum absolute atomic E-state index is 0.124. The van der Waals surface area contributed by atoms with E-state index in [9.17, 15) is 4.79 Å². The first kappa shape index (κ1) is 17.5. The van der Waals surface area contributed by atoms with E-state index >= 15 is 0 Å². The monoisotopic (exact) mass is 337 g/mol. The van der Waals surface area contributed by atoms with Gasteiger partial charge in [-0.05, 0) is 18.1 Å². The van der Waals surface area contributed by atoms with Gasteiger partial charge in [0.25, 0.3) is 5.91 Å². The molecule has 1 aromatic rings. The van der Waals surface area contributed by atoms with Gasteiger partial charge in [-0.3, -0.25) is 10.1 Å². The molecule has 7 heteroatoms. The van der Waals surface area contributed by atoms with Crippen LogP contribution in [0.3, 0.4) is 0 Å². The van der Waals surface area contributed by atoms with Gasteiger partial charge < -0.3 is 11.1 Å². The smallest absolute Gasteiger partial charge is 0.252 e. The van der Waals surface area contributed by atoms with Crippen LogP contribution in [-0.2, 0) is 0 Å². The van der Waals surface area contributed by atoms with Crippen LogP contribution in [0.15, 0.2) is 30.3 Å². The summed E-state index contributed by atoms with van der Waals surface area (Å²) in [6.07, 6.45) is -1.30. The molecule has 2 unspecified atom stereocenters. The zero-order valence-corrected chi connectivity index (χ0v) is 13.5. The number of nitrogens with one attached hydrogen (secondary N) is 2. The molecule has 1 amide bonds. The number of amides is 1. The molecular weight excluding hydrogens is 321 g/mol. The quantitative estimate of drug-likeness (QED) is 0.571. The van der Waals surface area contributed by atoms with Gasteiger partial charge in [0, 0.05) is 5.56 Å². The van der Waals surface area contributed by atoms with Crippen LogP contribution in [0.1, 0.15) is 24.2 Å². The van der Waals surface area contributed by atoms with Gasteiger partial charge in [-0.1, -0.05) is 66.8 Å². The van der Waals surface area contributed by atoms with Crippen molar-refractivity contribution in [2.24, 2.45) is 11.7 Å². The summed E-state index contributed by atoms with van der Waals surface area (Å²) in [5, 5.41) is 5.54. The van der Waals surface area contributed by atoms with Crippen LogP contribution < -0.4 is 16.4 Å². The number of nitrogens with two attached hydrogens (primary N) is 1. The van der Waals surface area contributed by atoms with Gasteiger partial charge in [0.2, 0.25) is 3.79 Å². The maximum Gasteiger partial charge on any atom is 0.252 e. The lowest BCUT2D eigenvalue weighted by atomic mass is 10.1. The highest BCUT2D eigenvalue weighted by Crippen LogP contribution is 2.29. The second-order valence-electron chi connectivity index (χ2n) is 4.75. The highest BCUT2D eigenvalue weighted by atomic mass is 35.6. The Morgan fingerprint density at radius 1 is 1.20 bits per heavy atom. The van der Waals surface area contributed by atoms with Crippen LogP contribution in [0.2, 0.25) is 0 Å². The summed E-state index contributed by atoms with van der Waals surface area (Å²) in [5.74, 6) is -0.219. The molecule has 0 bridgehead atoms. The molecule has 1 aromatic carbocycles. The van der Waals surface area contributed by atoms with Crippen molar-refractivity contribution < 1.29 is 4.79 Å². The summed E-state index contributed by atoms with van der Waals surface area (Å²) in [6.45, 7) is 3.85. The van der Waals surface area contributed by atoms with Crippen molar-refractivity contribution in [3.63, 3.8) is 0 Å². The summed E-state index contributed by atoms with van der Waals surface area (Å²) < 4.78 is -1.71. The zero-order valence-electron chi connectivity index (χ0n) is 11.2. The summed E-state index contributed by atoms with van der Waals surface area (Å²) in [7, 11) is 0. The van der Waals surface area contributed by atoms with Crippen LogP contribution in [0.25, 0.3) is 0 Å². The summed E-state index contributed by atoms with van der Waals surface area (Å²) in [4.78, 5) is 12.1. The molecule has 0 aliphatic heterocycles. The first-order valence-electron chi connectivity index (χ1n) is 6.16. The van der Waals surface area contributed by atoms with E-state index in [-0.39, 0.29) is 11.8 Å². The molecule has 0 spiro atoms. The van der Waals surface area contributed by atoms with Gasteiger partial charge >= 0.3 is 0 Å². The van der Waals surface area contributed by atoms with Gasteiger partial charge in [-0.25, -0.2) is 0 Å². The maximum absolute atomic E-state index is 12.1. The second kappa shape index (κ2) is 7.48. The standard InChI is InChI=1S/C13H18Cl3N3O/c1-8(2)10(17)18-12(13(14,15)16)19-11(20)9-6-4-3-5-7-9/h3-8,10,12,18H,17H2,1-2H3,(H,19,20). The number of rotatable bonds is 5. The average molecular weight is 339 g/mol. The third-order valence-electron chi connectivity index (χ3n) is 2.72. The van der Waals surface area contributed by atoms with Crippen molar-refractivity contribution in [2.75, 3.05) is 0 Å². The lowest BCUT2D eigenvalue weighted by molar-refractivity contribution is 0.0924. The first-order valence-corrected chi connectivity index (χ1v) is 7.29. The minimum atomic E-state index is -1.71. The second-order valence-corrected chi connectivity index (χ2v) is 7.12. The van der Waals surface area contributed by atoms with Crippen LogP contribution in [0.4, 0.5) is 0 Å². The number of hydrogen-bond donors (Lipinski definition) is 3. The normalized spacial score (nSPS) is 14.9. The van der Waals surface area contributed by atoms with Crippen LogP contribution in [0, 0.1) is 5.92 Å². The fourth-order valence-electron chi connectivity index (χ4n) is 1.41. The van der Waals surface area contributed by atoms with Crippen molar-refractivity contribution in [1.82, 2.24) is 10.6 Å². The SMILES string of the molecule is CC(C)C(N)NC(NC(=O)c1ccccc1)C(Cl)(Cl)Cl. The fraction of sp³-hybridized carbons (Fsp3) is 0.462. The van der Waals surface area contributed by atoms with Gasteiger partial charge in [0.1, 0.15) is 6.17 Å². The molecule has 1 rings (SSSR count). The third kappa shape index (κ3) is 5.46. The van der Waals surface area contributed by atoms with E-state index < -0.39 is 16.1 Å². The largest absolute Gasteiger partial charge is 0.333 e. The zero-order chi connectivity index (χ0) is 15.3. The number of alkyl halides is 3. The molecule has 0 radical (unpaired) electrons. The van der Waals surface area contributed by atoms with E-state index in [2.05, 4.69) is 10.6 Å². The molecular formula is C13H18Cl3N3O. The predicted molar refractivity (Wildman–Crippen MR) is 83.9 cm³/mol. The van der Waals surface area contributed by atoms with E-state index in [0.29, 0.717) is 5.56 Å². The lowest BCUT2D eigenvalue weighted by Gasteiger charge is -2.30. The number of carbonyl (C=O) groups is 1. The molecule has 112 valence electrons. The Kier molecular flexibility index (Phi) is 6.55. The molecule has 0 heterocycles. The Morgan fingerprint density at radius 2 is 1.75 bits per heavy atom. The van der Waals surface area contributed by atoms with E-state index in [0.717, 1.165) is 0 Å². The van der Waals surface area contributed by atoms with E-state index in [1.807, 2.05) is 19.9 Å². The molecule has 4 nitrogen and oxygen atoms in total. The van der Waals surface area contributed by atoms with Crippen molar-refractivity contribution in [2.45, 2.75) is 30.0 Å². The number of halogens is 3. The molecule has 0 saturated carbocycles. The molecule has 0 aromatic heterocycles. The van der Waals surface area contributed by atoms with Crippen molar-refractivity contribution in [3.05, 3.63) is 35.9 Å². The minimum Gasteiger partial charge on any atom is -0.333 e. The fourth-order valence-corrected chi connectivity index (χ4v) is 1.76. The summed E-state index contributed by atoms with van der Waals surface area (Å²) in [5.41, 5.74) is 6.37. The number of carbonyl (C=O) groups excluding carboxylic acids is 1. The Balaban J connectivity index is 2.78. The maximum atomic E-state index is 12.1. The van der Waals surface area contributed by atoms with E-state index in [1.165, 1.54) is 0 Å². The first-order chi connectivity index (χ1) is 9.21. The van der Waals surface area contributed by atoms with E-state index in [4.69, 9.17) is 40.5 Å². The molecule has 2 atom stereocenters. The summed E-state index contributed by atoms with van der Waals surface area (Å²) in [6, 6.07) is 8.68.